The van der Waals surface area contributed by atoms with E-state index >= 15 is 0 Å². The molecule has 2 aliphatic heterocycles. The molecule has 2 atom stereocenters. The molecule has 128 valence electrons. The van der Waals surface area contributed by atoms with Gasteiger partial charge in [0.15, 0.2) is 0 Å². The van der Waals surface area contributed by atoms with Crippen LogP contribution in [0.4, 0.5) is 10.5 Å². The second-order valence-corrected chi connectivity index (χ2v) is 7.81. The summed E-state index contributed by atoms with van der Waals surface area (Å²) in [4.78, 5) is 14.5. The van der Waals surface area contributed by atoms with Crippen LogP contribution in [0.3, 0.4) is 0 Å². The van der Waals surface area contributed by atoms with Crippen molar-refractivity contribution in [1.29, 1.82) is 0 Å². The molecule has 2 heterocycles. The minimum atomic E-state index is -0.443. The van der Waals surface area contributed by atoms with Gasteiger partial charge in [-0.15, -0.1) is 6.42 Å². The van der Waals surface area contributed by atoms with Crippen molar-refractivity contribution in [2.24, 2.45) is 0 Å². The molecule has 3 rings (SSSR count). The molecule has 1 N–H and O–H groups in total. The van der Waals surface area contributed by atoms with Gasteiger partial charge in [0, 0.05) is 29.4 Å². The molecular weight excluding hydrogens is 300 g/mol. The van der Waals surface area contributed by atoms with Crippen LogP contribution in [-0.2, 0) is 4.74 Å². The molecule has 2 bridgehead atoms. The van der Waals surface area contributed by atoms with Crippen LogP contribution in [0.2, 0.25) is 0 Å². The molecule has 0 spiro atoms. The van der Waals surface area contributed by atoms with Crippen molar-refractivity contribution in [3.05, 3.63) is 29.8 Å². The summed E-state index contributed by atoms with van der Waals surface area (Å²) in [6, 6.07) is 8.86. The average Bonchev–Trinajstić information content (AvgIpc) is 2.77. The van der Waals surface area contributed by atoms with Crippen LogP contribution in [0.25, 0.3) is 0 Å². The van der Waals surface area contributed by atoms with E-state index in [1.165, 1.54) is 0 Å². The molecule has 0 aromatic heterocycles. The van der Waals surface area contributed by atoms with E-state index in [1.807, 2.05) is 49.9 Å². The quantitative estimate of drug-likeness (QED) is 0.835. The summed E-state index contributed by atoms with van der Waals surface area (Å²) in [5.74, 6) is 2.67. The standard InChI is InChI=1S/C20H26N2O2/c1-5-14-7-6-8-15(11-14)21-16-12-17-9-10-18(13-16)22(17)19(23)24-20(2,3)4/h1,6-8,11,16-18,21H,9-10,12-13H2,2-4H3. The van der Waals surface area contributed by atoms with Gasteiger partial charge in [-0.1, -0.05) is 12.0 Å². The second-order valence-electron chi connectivity index (χ2n) is 7.81. The third kappa shape index (κ3) is 3.67. The van der Waals surface area contributed by atoms with E-state index in [2.05, 4.69) is 11.2 Å². The first-order chi connectivity index (χ1) is 11.4. The summed E-state index contributed by atoms with van der Waals surface area (Å²) in [5.41, 5.74) is 1.50. The largest absolute Gasteiger partial charge is 0.444 e. The van der Waals surface area contributed by atoms with Gasteiger partial charge in [-0.2, -0.15) is 0 Å². The minimum absolute atomic E-state index is 0.164. The summed E-state index contributed by atoms with van der Waals surface area (Å²) < 4.78 is 5.59. The number of carbonyl (C=O) groups is 1. The van der Waals surface area contributed by atoms with Crippen LogP contribution in [0.1, 0.15) is 52.0 Å². The number of carbonyl (C=O) groups excluding carboxylic acids is 1. The highest BCUT2D eigenvalue weighted by Gasteiger charge is 2.44. The Morgan fingerprint density at radius 3 is 2.54 bits per heavy atom. The Hall–Kier alpha value is -2.15. The first-order valence-corrected chi connectivity index (χ1v) is 8.70. The molecule has 2 fully saturated rings. The monoisotopic (exact) mass is 326 g/mol. The molecule has 2 saturated heterocycles. The number of fused-ring (bicyclic) bond motifs is 2. The molecule has 4 nitrogen and oxygen atoms in total. The predicted molar refractivity (Wildman–Crippen MR) is 95.9 cm³/mol. The van der Waals surface area contributed by atoms with E-state index in [-0.39, 0.29) is 18.2 Å². The van der Waals surface area contributed by atoms with Gasteiger partial charge in [0.25, 0.3) is 0 Å². The maximum Gasteiger partial charge on any atom is 0.410 e. The average molecular weight is 326 g/mol. The topological polar surface area (TPSA) is 41.6 Å². The van der Waals surface area contributed by atoms with Gasteiger partial charge in [-0.05, 0) is 64.7 Å². The van der Waals surface area contributed by atoms with Crippen molar-refractivity contribution in [1.82, 2.24) is 4.90 Å². The molecule has 2 unspecified atom stereocenters. The SMILES string of the molecule is C#Cc1cccc(NC2CC3CCC(C2)N3C(=O)OC(C)(C)C)c1. The maximum absolute atomic E-state index is 12.5. The number of amides is 1. The van der Waals surface area contributed by atoms with Gasteiger partial charge < -0.3 is 15.0 Å². The number of piperidine rings is 1. The number of anilines is 1. The number of benzene rings is 1. The van der Waals surface area contributed by atoms with E-state index in [4.69, 9.17) is 11.2 Å². The lowest BCUT2D eigenvalue weighted by molar-refractivity contribution is 0.00684. The van der Waals surface area contributed by atoms with Crippen molar-refractivity contribution in [2.75, 3.05) is 5.32 Å². The zero-order valence-corrected chi connectivity index (χ0v) is 14.7. The number of nitrogens with zero attached hydrogens (tertiary/aromatic N) is 1. The van der Waals surface area contributed by atoms with Crippen LogP contribution in [0, 0.1) is 12.3 Å². The molecule has 0 saturated carbocycles. The summed E-state index contributed by atoms with van der Waals surface area (Å²) in [7, 11) is 0. The fraction of sp³-hybridized carbons (Fsp3) is 0.550. The van der Waals surface area contributed by atoms with Crippen LogP contribution in [-0.4, -0.2) is 34.7 Å². The Kier molecular flexibility index (Phi) is 4.45. The van der Waals surface area contributed by atoms with E-state index in [0.29, 0.717) is 6.04 Å². The van der Waals surface area contributed by atoms with Crippen LogP contribution >= 0.6 is 0 Å². The maximum atomic E-state index is 12.5. The Balaban J connectivity index is 1.65. The molecule has 1 amide bonds. The Morgan fingerprint density at radius 2 is 1.96 bits per heavy atom. The van der Waals surface area contributed by atoms with E-state index in [0.717, 1.165) is 36.9 Å². The molecular formula is C20H26N2O2. The smallest absolute Gasteiger partial charge is 0.410 e. The van der Waals surface area contributed by atoms with Crippen LogP contribution in [0.15, 0.2) is 24.3 Å². The summed E-state index contributed by atoms with van der Waals surface area (Å²) >= 11 is 0. The number of rotatable bonds is 2. The zero-order valence-electron chi connectivity index (χ0n) is 14.7. The van der Waals surface area contributed by atoms with Crippen molar-refractivity contribution in [2.45, 2.75) is 70.2 Å². The third-order valence-electron chi connectivity index (χ3n) is 4.74. The number of hydrogen-bond donors (Lipinski definition) is 1. The lowest BCUT2D eigenvalue weighted by Gasteiger charge is -2.40. The van der Waals surface area contributed by atoms with Crippen molar-refractivity contribution in [3.8, 4) is 12.3 Å². The van der Waals surface area contributed by atoms with Crippen molar-refractivity contribution < 1.29 is 9.53 Å². The van der Waals surface area contributed by atoms with Gasteiger partial charge in [0.2, 0.25) is 0 Å². The van der Waals surface area contributed by atoms with Gasteiger partial charge in [-0.3, -0.25) is 0 Å². The molecule has 1 aromatic rings. The predicted octanol–water partition coefficient (Wildman–Crippen LogP) is 4.01. The normalized spacial score (nSPS) is 25.9. The second kappa shape index (κ2) is 6.39. The lowest BCUT2D eigenvalue weighted by Crippen LogP contribution is -2.51. The Bertz CT molecular complexity index is 642. The van der Waals surface area contributed by atoms with Gasteiger partial charge >= 0.3 is 6.09 Å². The van der Waals surface area contributed by atoms with Crippen LogP contribution in [0.5, 0.6) is 0 Å². The van der Waals surface area contributed by atoms with Gasteiger partial charge in [-0.25, -0.2) is 4.79 Å². The molecule has 0 radical (unpaired) electrons. The highest BCUT2D eigenvalue weighted by Crippen LogP contribution is 2.37. The fourth-order valence-electron chi connectivity index (χ4n) is 3.84. The Labute approximate surface area is 144 Å². The van der Waals surface area contributed by atoms with Gasteiger partial charge in [0.05, 0.1) is 0 Å². The summed E-state index contributed by atoms with van der Waals surface area (Å²) in [6.45, 7) is 5.75. The first kappa shape index (κ1) is 16.7. The molecule has 1 aromatic carbocycles. The molecule has 4 heteroatoms. The number of terminal acetylenes is 1. The highest BCUT2D eigenvalue weighted by atomic mass is 16.6. The lowest BCUT2D eigenvalue weighted by atomic mass is 9.97. The van der Waals surface area contributed by atoms with E-state index < -0.39 is 5.60 Å². The summed E-state index contributed by atoms with van der Waals surface area (Å²) in [6.07, 6.45) is 9.34. The minimum Gasteiger partial charge on any atom is -0.444 e. The number of hydrogen-bond acceptors (Lipinski definition) is 3. The molecule has 24 heavy (non-hydrogen) atoms. The molecule has 2 aliphatic rings. The fourth-order valence-corrected chi connectivity index (χ4v) is 3.84. The van der Waals surface area contributed by atoms with Crippen molar-refractivity contribution in [3.63, 3.8) is 0 Å². The number of ether oxygens (including phenoxy) is 1. The Morgan fingerprint density at radius 1 is 1.29 bits per heavy atom. The van der Waals surface area contributed by atoms with Gasteiger partial charge in [0.1, 0.15) is 5.60 Å². The molecule has 0 aliphatic carbocycles. The number of nitrogens with one attached hydrogen (secondary N) is 1. The highest BCUT2D eigenvalue weighted by molar-refractivity contribution is 5.69. The van der Waals surface area contributed by atoms with Crippen LogP contribution < -0.4 is 5.32 Å². The summed E-state index contributed by atoms with van der Waals surface area (Å²) in [5, 5.41) is 3.59. The zero-order chi connectivity index (χ0) is 17.3. The van der Waals surface area contributed by atoms with Crippen molar-refractivity contribution >= 4 is 11.8 Å². The van der Waals surface area contributed by atoms with E-state index in [9.17, 15) is 4.79 Å². The first-order valence-electron chi connectivity index (χ1n) is 8.70. The third-order valence-corrected chi connectivity index (χ3v) is 4.74. The van der Waals surface area contributed by atoms with E-state index in [1.54, 1.807) is 0 Å².